The van der Waals surface area contributed by atoms with E-state index in [1.54, 1.807) is 6.26 Å². The largest absolute Gasteiger partial charge is 0.469 e. The number of amides is 1. The fraction of sp³-hybridized carbons (Fsp3) is 0.632. The second-order valence-electron chi connectivity index (χ2n) is 6.90. The molecule has 0 aliphatic heterocycles. The van der Waals surface area contributed by atoms with Crippen LogP contribution in [0.4, 0.5) is 0 Å². The smallest absolute Gasteiger partial charge is 0.233 e. The van der Waals surface area contributed by atoms with E-state index in [0.717, 1.165) is 41.7 Å². The lowest BCUT2D eigenvalue weighted by atomic mass is 10.1. The Kier molecular flexibility index (Phi) is 6.40. The molecule has 26 heavy (non-hydrogen) atoms. The van der Waals surface area contributed by atoms with Crippen LogP contribution in [0.2, 0.25) is 0 Å². The molecule has 1 amide bonds. The Morgan fingerprint density at radius 2 is 2.08 bits per heavy atom. The van der Waals surface area contributed by atoms with Gasteiger partial charge in [0, 0.05) is 12.6 Å². The van der Waals surface area contributed by atoms with Crippen LogP contribution in [-0.2, 0) is 11.3 Å². The molecule has 7 heteroatoms. The van der Waals surface area contributed by atoms with Gasteiger partial charge in [-0.2, -0.15) is 0 Å². The van der Waals surface area contributed by atoms with Crippen molar-refractivity contribution in [2.45, 2.75) is 82.3 Å². The number of nitrogens with zero attached hydrogens (tertiary/aromatic N) is 3. The van der Waals surface area contributed by atoms with Crippen molar-refractivity contribution < 1.29 is 9.21 Å². The van der Waals surface area contributed by atoms with Crippen LogP contribution in [0, 0.1) is 6.92 Å². The van der Waals surface area contributed by atoms with Crippen molar-refractivity contribution in [1.29, 1.82) is 0 Å². The third-order valence-corrected chi connectivity index (χ3v) is 6.07. The number of nitrogens with one attached hydrogen (secondary N) is 1. The van der Waals surface area contributed by atoms with E-state index in [4.69, 9.17) is 4.42 Å². The van der Waals surface area contributed by atoms with Crippen molar-refractivity contribution in [2.75, 3.05) is 0 Å². The Hall–Kier alpha value is -1.76. The number of aromatic nitrogens is 3. The number of aryl methyl sites for hydroxylation is 1. The standard InChI is InChI=1S/C19H28N4O2S/c1-4-23-17(16-11-12-25-13(16)2)21-22-19(23)26-14(3)18(24)20-15-9-7-5-6-8-10-15/h11-12,14-15H,4-10H2,1-3H3,(H,20,24)/t14-/m0/s1. The highest BCUT2D eigenvalue weighted by Gasteiger charge is 2.23. The average Bonchev–Trinajstić information content (AvgIpc) is 3.12. The second-order valence-corrected chi connectivity index (χ2v) is 8.21. The molecule has 0 spiro atoms. The highest BCUT2D eigenvalue weighted by atomic mass is 32.2. The molecule has 2 heterocycles. The average molecular weight is 377 g/mol. The number of thioether (sulfide) groups is 1. The summed E-state index contributed by atoms with van der Waals surface area (Å²) in [7, 11) is 0. The summed E-state index contributed by atoms with van der Waals surface area (Å²) in [5, 5.41) is 12.4. The summed E-state index contributed by atoms with van der Waals surface area (Å²) in [4.78, 5) is 12.6. The van der Waals surface area contributed by atoms with Gasteiger partial charge in [0.2, 0.25) is 5.91 Å². The van der Waals surface area contributed by atoms with Gasteiger partial charge in [-0.05, 0) is 39.7 Å². The fourth-order valence-electron chi connectivity index (χ4n) is 3.43. The lowest BCUT2D eigenvalue weighted by molar-refractivity contribution is -0.121. The molecule has 0 aromatic carbocycles. The van der Waals surface area contributed by atoms with Gasteiger partial charge >= 0.3 is 0 Å². The zero-order chi connectivity index (χ0) is 18.5. The maximum Gasteiger partial charge on any atom is 0.233 e. The summed E-state index contributed by atoms with van der Waals surface area (Å²) < 4.78 is 7.43. The predicted octanol–water partition coefficient (Wildman–Crippen LogP) is 4.19. The van der Waals surface area contributed by atoms with Gasteiger partial charge in [-0.1, -0.05) is 37.4 Å². The van der Waals surface area contributed by atoms with Crippen molar-refractivity contribution in [2.24, 2.45) is 0 Å². The van der Waals surface area contributed by atoms with E-state index in [0.29, 0.717) is 6.04 Å². The third-order valence-electron chi connectivity index (χ3n) is 4.99. The summed E-state index contributed by atoms with van der Waals surface area (Å²) in [6.45, 7) is 6.66. The molecule has 6 nitrogen and oxygen atoms in total. The van der Waals surface area contributed by atoms with Crippen LogP contribution in [0.3, 0.4) is 0 Å². The van der Waals surface area contributed by atoms with Crippen LogP contribution in [0.25, 0.3) is 11.4 Å². The van der Waals surface area contributed by atoms with Gasteiger partial charge in [0.25, 0.3) is 0 Å². The summed E-state index contributed by atoms with van der Waals surface area (Å²) in [6.07, 6.45) is 8.85. The van der Waals surface area contributed by atoms with Crippen molar-refractivity contribution >= 4 is 17.7 Å². The molecule has 1 saturated carbocycles. The van der Waals surface area contributed by atoms with Crippen LogP contribution in [0.1, 0.15) is 58.1 Å². The van der Waals surface area contributed by atoms with Crippen LogP contribution in [0.5, 0.6) is 0 Å². The minimum Gasteiger partial charge on any atom is -0.469 e. The number of rotatable bonds is 6. The minimum atomic E-state index is -0.203. The first-order chi connectivity index (χ1) is 12.6. The number of hydrogen-bond donors (Lipinski definition) is 1. The number of carbonyl (C=O) groups excluding carboxylic acids is 1. The van der Waals surface area contributed by atoms with E-state index in [2.05, 4.69) is 22.4 Å². The predicted molar refractivity (Wildman–Crippen MR) is 103 cm³/mol. The number of hydrogen-bond acceptors (Lipinski definition) is 5. The van der Waals surface area contributed by atoms with Gasteiger partial charge in [-0.15, -0.1) is 10.2 Å². The number of carbonyl (C=O) groups is 1. The Balaban J connectivity index is 1.67. The first kappa shape index (κ1) is 19.0. The molecule has 0 radical (unpaired) electrons. The van der Waals surface area contributed by atoms with Crippen molar-refractivity contribution in [3.05, 3.63) is 18.1 Å². The van der Waals surface area contributed by atoms with Crippen LogP contribution in [0.15, 0.2) is 21.9 Å². The summed E-state index contributed by atoms with van der Waals surface area (Å²) in [6, 6.07) is 2.23. The first-order valence-electron chi connectivity index (χ1n) is 9.54. The summed E-state index contributed by atoms with van der Waals surface area (Å²) in [5.41, 5.74) is 0.946. The molecule has 1 atom stereocenters. The Labute approximate surface area is 159 Å². The monoisotopic (exact) mass is 376 g/mol. The van der Waals surface area contributed by atoms with Crippen molar-refractivity contribution in [1.82, 2.24) is 20.1 Å². The quantitative estimate of drug-likeness (QED) is 0.604. The Morgan fingerprint density at radius 1 is 1.35 bits per heavy atom. The van der Waals surface area contributed by atoms with E-state index in [-0.39, 0.29) is 11.2 Å². The third kappa shape index (κ3) is 4.31. The molecule has 0 unspecified atom stereocenters. The van der Waals surface area contributed by atoms with Gasteiger partial charge in [-0.25, -0.2) is 0 Å². The maximum absolute atomic E-state index is 12.6. The summed E-state index contributed by atoms with van der Waals surface area (Å²) >= 11 is 1.47. The molecule has 2 aromatic rings. The fourth-order valence-corrected chi connectivity index (χ4v) is 4.35. The summed E-state index contributed by atoms with van der Waals surface area (Å²) in [5.74, 6) is 1.70. The van der Waals surface area contributed by atoms with Crippen molar-refractivity contribution in [3.63, 3.8) is 0 Å². The highest BCUT2D eigenvalue weighted by Crippen LogP contribution is 2.29. The second kappa shape index (κ2) is 8.75. The zero-order valence-corrected chi connectivity index (χ0v) is 16.6. The lowest BCUT2D eigenvalue weighted by Crippen LogP contribution is -2.39. The van der Waals surface area contributed by atoms with E-state index < -0.39 is 0 Å². The molecule has 1 fully saturated rings. The van der Waals surface area contributed by atoms with E-state index in [1.807, 2.05) is 24.5 Å². The highest BCUT2D eigenvalue weighted by molar-refractivity contribution is 8.00. The molecule has 1 aliphatic carbocycles. The maximum atomic E-state index is 12.6. The molecular formula is C19H28N4O2S. The Morgan fingerprint density at radius 3 is 2.69 bits per heavy atom. The lowest BCUT2D eigenvalue weighted by Gasteiger charge is -2.19. The molecule has 1 N–H and O–H groups in total. The molecule has 2 aromatic heterocycles. The zero-order valence-electron chi connectivity index (χ0n) is 15.8. The molecule has 1 aliphatic rings. The molecular weight excluding hydrogens is 348 g/mol. The topological polar surface area (TPSA) is 73.0 Å². The molecule has 0 saturated heterocycles. The SMILES string of the molecule is CCn1c(S[C@@H](C)C(=O)NC2CCCCCC2)nnc1-c1ccoc1C. The van der Waals surface area contributed by atoms with Gasteiger partial charge in [0.1, 0.15) is 5.76 Å². The first-order valence-corrected chi connectivity index (χ1v) is 10.4. The van der Waals surface area contributed by atoms with Crippen molar-refractivity contribution in [3.8, 4) is 11.4 Å². The van der Waals surface area contributed by atoms with Crippen LogP contribution < -0.4 is 5.32 Å². The Bertz CT molecular complexity index is 732. The van der Waals surface area contributed by atoms with Crippen LogP contribution >= 0.6 is 11.8 Å². The normalized spacial score (nSPS) is 17.0. The molecule has 0 bridgehead atoms. The molecule has 3 rings (SSSR count). The van der Waals surface area contributed by atoms with E-state index >= 15 is 0 Å². The van der Waals surface area contributed by atoms with Gasteiger partial charge in [0.05, 0.1) is 17.1 Å². The minimum absolute atomic E-state index is 0.0913. The van der Waals surface area contributed by atoms with E-state index in [1.165, 1.54) is 37.4 Å². The van der Waals surface area contributed by atoms with Crippen LogP contribution in [-0.4, -0.2) is 32.0 Å². The number of furan rings is 1. The van der Waals surface area contributed by atoms with E-state index in [9.17, 15) is 4.79 Å². The van der Waals surface area contributed by atoms with Gasteiger partial charge in [0.15, 0.2) is 11.0 Å². The molecule has 142 valence electrons. The van der Waals surface area contributed by atoms with Gasteiger partial charge in [-0.3, -0.25) is 4.79 Å². The van der Waals surface area contributed by atoms with Gasteiger partial charge < -0.3 is 14.3 Å².